The van der Waals surface area contributed by atoms with E-state index < -0.39 is 17.5 Å². The molecule has 146 valence electrons. The summed E-state index contributed by atoms with van der Waals surface area (Å²) < 4.78 is 33.9. The number of nitrogens with one attached hydrogen (secondary N) is 1. The molecule has 1 amide bonds. The Bertz CT molecular complexity index is 977. The lowest BCUT2D eigenvalue weighted by molar-refractivity contribution is -0.113. The molecule has 1 aromatic heterocycles. The molecular weight excluding hydrogens is 386 g/mol. The van der Waals surface area contributed by atoms with Crippen molar-refractivity contribution in [2.45, 2.75) is 18.6 Å². The molecule has 0 aliphatic rings. The van der Waals surface area contributed by atoms with Gasteiger partial charge in [-0.05, 0) is 43.3 Å². The van der Waals surface area contributed by atoms with E-state index in [4.69, 9.17) is 4.74 Å². The van der Waals surface area contributed by atoms with E-state index in [1.807, 2.05) is 35.8 Å². The number of halogens is 2. The SMILES string of the molecule is CCn1c(SCC(=O)Nc2cc(F)ccc2F)nnc1-c1ccc(OC)cc1. The van der Waals surface area contributed by atoms with Crippen molar-refractivity contribution < 1.29 is 18.3 Å². The van der Waals surface area contributed by atoms with Crippen LogP contribution in [0.15, 0.2) is 47.6 Å². The second-order valence-corrected chi connectivity index (χ2v) is 6.68. The third-order valence-electron chi connectivity index (χ3n) is 3.92. The molecule has 0 saturated heterocycles. The number of nitrogens with zero attached hydrogens (tertiary/aromatic N) is 3. The first-order valence-corrected chi connectivity index (χ1v) is 9.45. The summed E-state index contributed by atoms with van der Waals surface area (Å²) in [6, 6.07) is 10.3. The second kappa shape index (κ2) is 8.83. The number of thioether (sulfide) groups is 1. The van der Waals surface area contributed by atoms with Crippen LogP contribution in [0.25, 0.3) is 11.4 Å². The fourth-order valence-electron chi connectivity index (χ4n) is 2.54. The molecule has 0 bridgehead atoms. The standard InChI is InChI=1S/C19H18F2N4O2S/c1-3-25-18(12-4-7-14(27-2)8-5-12)23-24-19(25)28-11-17(26)22-16-10-13(20)6-9-15(16)21/h4-10H,3,11H2,1-2H3,(H,22,26). The highest BCUT2D eigenvalue weighted by Crippen LogP contribution is 2.26. The lowest BCUT2D eigenvalue weighted by atomic mass is 10.2. The number of ether oxygens (including phenoxy) is 1. The zero-order valence-corrected chi connectivity index (χ0v) is 16.1. The Hall–Kier alpha value is -2.94. The summed E-state index contributed by atoms with van der Waals surface area (Å²) >= 11 is 1.17. The van der Waals surface area contributed by atoms with Gasteiger partial charge in [-0.3, -0.25) is 4.79 Å². The van der Waals surface area contributed by atoms with Crippen molar-refractivity contribution in [2.24, 2.45) is 0 Å². The zero-order valence-electron chi connectivity index (χ0n) is 15.3. The third kappa shape index (κ3) is 4.48. The number of hydrogen-bond acceptors (Lipinski definition) is 5. The van der Waals surface area contributed by atoms with Gasteiger partial charge in [-0.25, -0.2) is 8.78 Å². The lowest BCUT2D eigenvalue weighted by Crippen LogP contribution is -2.15. The van der Waals surface area contributed by atoms with E-state index in [1.165, 1.54) is 11.8 Å². The molecule has 28 heavy (non-hydrogen) atoms. The molecule has 1 N–H and O–H groups in total. The maximum Gasteiger partial charge on any atom is 0.234 e. The molecule has 0 unspecified atom stereocenters. The van der Waals surface area contributed by atoms with Crippen molar-refractivity contribution in [3.63, 3.8) is 0 Å². The highest BCUT2D eigenvalue weighted by molar-refractivity contribution is 7.99. The van der Waals surface area contributed by atoms with E-state index in [9.17, 15) is 13.6 Å². The molecule has 9 heteroatoms. The first kappa shape index (κ1) is 19.8. The summed E-state index contributed by atoms with van der Waals surface area (Å²) in [7, 11) is 1.60. The Morgan fingerprint density at radius 2 is 1.93 bits per heavy atom. The van der Waals surface area contributed by atoms with Gasteiger partial charge in [-0.2, -0.15) is 0 Å². The highest BCUT2D eigenvalue weighted by atomic mass is 32.2. The van der Waals surface area contributed by atoms with Gasteiger partial charge in [0.2, 0.25) is 5.91 Å². The summed E-state index contributed by atoms with van der Waals surface area (Å²) in [4.78, 5) is 12.1. The topological polar surface area (TPSA) is 69.0 Å². The number of benzene rings is 2. The Morgan fingerprint density at radius 3 is 2.61 bits per heavy atom. The first-order chi connectivity index (χ1) is 13.5. The Balaban J connectivity index is 1.69. The molecule has 0 aliphatic heterocycles. The van der Waals surface area contributed by atoms with E-state index in [0.29, 0.717) is 17.5 Å². The largest absolute Gasteiger partial charge is 0.497 e. The maximum atomic E-state index is 13.6. The number of carbonyl (C=O) groups is 1. The van der Waals surface area contributed by atoms with Crippen LogP contribution in [0.1, 0.15) is 6.92 Å². The smallest absolute Gasteiger partial charge is 0.234 e. The van der Waals surface area contributed by atoms with E-state index in [0.717, 1.165) is 29.5 Å². The minimum absolute atomic E-state index is 0.0172. The molecule has 0 aliphatic carbocycles. The van der Waals surface area contributed by atoms with Crippen molar-refractivity contribution in [2.75, 3.05) is 18.2 Å². The van der Waals surface area contributed by atoms with Crippen LogP contribution in [-0.4, -0.2) is 33.5 Å². The summed E-state index contributed by atoms with van der Waals surface area (Å²) in [5.74, 6) is -0.397. The van der Waals surface area contributed by atoms with Gasteiger partial charge in [-0.15, -0.1) is 10.2 Å². The molecule has 1 heterocycles. The molecular formula is C19H18F2N4O2S. The van der Waals surface area contributed by atoms with Crippen molar-refractivity contribution >= 4 is 23.4 Å². The number of methoxy groups -OCH3 is 1. The number of rotatable bonds is 7. The molecule has 0 radical (unpaired) electrons. The van der Waals surface area contributed by atoms with Gasteiger partial charge in [0, 0.05) is 18.2 Å². The van der Waals surface area contributed by atoms with E-state index in [1.54, 1.807) is 7.11 Å². The normalized spacial score (nSPS) is 10.7. The van der Waals surface area contributed by atoms with Crippen LogP contribution in [0.3, 0.4) is 0 Å². The summed E-state index contributed by atoms with van der Waals surface area (Å²) in [5.41, 5.74) is 0.676. The van der Waals surface area contributed by atoms with Crippen molar-refractivity contribution in [1.82, 2.24) is 14.8 Å². The average Bonchev–Trinajstić information content (AvgIpc) is 3.12. The third-order valence-corrected chi connectivity index (χ3v) is 4.88. The molecule has 3 aromatic rings. The van der Waals surface area contributed by atoms with Gasteiger partial charge in [0.05, 0.1) is 18.6 Å². The first-order valence-electron chi connectivity index (χ1n) is 8.47. The van der Waals surface area contributed by atoms with Crippen LogP contribution in [0.4, 0.5) is 14.5 Å². The minimum Gasteiger partial charge on any atom is -0.497 e. The molecule has 0 spiro atoms. The predicted molar refractivity (Wildman–Crippen MR) is 103 cm³/mol. The number of carbonyl (C=O) groups excluding carboxylic acids is 1. The van der Waals surface area contributed by atoms with Gasteiger partial charge in [-0.1, -0.05) is 11.8 Å². The number of anilines is 1. The molecule has 2 aromatic carbocycles. The van der Waals surface area contributed by atoms with Crippen LogP contribution in [0.2, 0.25) is 0 Å². The minimum atomic E-state index is -0.696. The van der Waals surface area contributed by atoms with Gasteiger partial charge < -0.3 is 14.6 Å². The van der Waals surface area contributed by atoms with Crippen molar-refractivity contribution in [3.8, 4) is 17.1 Å². The van der Waals surface area contributed by atoms with Gasteiger partial charge in [0.1, 0.15) is 17.4 Å². The summed E-state index contributed by atoms with van der Waals surface area (Å²) in [6.45, 7) is 2.56. The second-order valence-electron chi connectivity index (χ2n) is 5.74. The summed E-state index contributed by atoms with van der Waals surface area (Å²) in [5, 5.41) is 11.3. The molecule has 0 fully saturated rings. The van der Waals surface area contributed by atoms with Gasteiger partial charge in [0.15, 0.2) is 11.0 Å². The monoisotopic (exact) mass is 404 g/mol. The van der Waals surface area contributed by atoms with Gasteiger partial charge >= 0.3 is 0 Å². The molecule has 3 rings (SSSR count). The number of amides is 1. The van der Waals surface area contributed by atoms with Crippen molar-refractivity contribution in [1.29, 1.82) is 0 Å². The van der Waals surface area contributed by atoms with Crippen LogP contribution in [-0.2, 0) is 11.3 Å². The lowest BCUT2D eigenvalue weighted by Gasteiger charge is -2.09. The number of aromatic nitrogens is 3. The molecule has 0 atom stereocenters. The zero-order chi connectivity index (χ0) is 20.1. The molecule has 0 saturated carbocycles. The quantitative estimate of drug-likeness (QED) is 0.603. The Labute approximate surface area is 164 Å². The Morgan fingerprint density at radius 1 is 1.18 bits per heavy atom. The summed E-state index contributed by atoms with van der Waals surface area (Å²) in [6.07, 6.45) is 0. The van der Waals surface area contributed by atoms with E-state index >= 15 is 0 Å². The maximum absolute atomic E-state index is 13.6. The van der Waals surface area contributed by atoms with Crippen LogP contribution in [0, 0.1) is 11.6 Å². The number of hydrogen-bond donors (Lipinski definition) is 1. The van der Waals surface area contributed by atoms with Crippen molar-refractivity contribution in [3.05, 3.63) is 54.1 Å². The van der Waals surface area contributed by atoms with E-state index in [2.05, 4.69) is 15.5 Å². The Kier molecular flexibility index (Phi) is 6.25. The predicted octanol–water partition coefficient (Wildman–Crippen LogP) is 3.98. The fraction of sp³-hybridized carbons (Fsp3) is 0.211. The average molecular weight is 404 g/mol. The van der Waals surface area contributed by atoms with Crippen LogP contribution >= 0.6 is 11.8 Å². The van der Waals surface area contributed by atoms with E-state index in [-0.39, 0.29) is 11.4 Å². The van der Waals surface area contributed by atoms with Crippen LogP contribution < -0.4 is 10.1 Å². The highest BCUT2D eigenvalue weighted by Gasteiger charge is 2.15. The fourth-order valence-corrected chi connectivity index (χ4v) is 3.35. The molecule has 6 nitrogen and oxygen atoms in total. The van der Waals surface area contributed by atoms with Gasteiger partial charge in [0.25, 0.3) is 0 Å². The van der Waals surface area contributed by atoms with Crippen LogP contribution in [0.5, 0.6) is 5.75 Å².